The highest BCUT2D eigenvalue weighted by molar-refractivity contribution is 7.94. The molecular formula is C9H8N4O2S2. The zero-order valence-corrected chi connectivity index (χ0v) is 10.4. The van der Waals surface area contributed by atoms with Gasteiger partial charge in [0.1, 0.15) is 21.0 Å². The van der Waals surface area contributed by atoms with Crippen molar-refractivity contribution in [3.63, 3.8) is 0 Å². The molecule has 0 aliphatic heterocycles. The molecule has 0 saturated carbocycles. The zero-order valence-electron chi connectivity index (χ0n) is 8.78. The van der Waals surface area contributed by atoms with Gasteiger partial charge in [-0.2, -0.15) is 10.4 Å². The molecule has 0 amide bonds. The van der Waals surface area contributed by atoms with Crippen LogP contribution in [0.5, 0.6) is 0 Å². The molecule has 88 valence electrons. The highest BCUT2D eigenvalue weighted by Crippen LogP contribution is 2.23. The third-order valence-corrected chi connectivity index (χ3v) is 4.85. The number of aryl methyl sites for hydroxylation is 1. The van der Waals surface area contributed by atoms with Crippen LogP contribution < -0.4 is 4.72 Å². The van der Waals surface area contributed by atoms with E-state index in [1.165, 1.54) is 23.0 Å². The van der Waals surface area contributed by atoms with E-state index in [4.69, 9.17) is 5.26 Å². The molecule has 0 radical (unpaired) electrons. The quantitative estimate of drug-likeness (QED) is 0.904. The Morgan fingerprint density at radius 3 is 2.76 bits per heavy atom. The average molecular weight is 268 g/mol. The van der Waals surface area contributed by atoms with Crippen molar-refractivity contribution in [2.24, 2.45) is 7.05 Å². The van der Waals surface area contributed by atoms with Gasteiger partial charge >= 0.3 is 0 Å². The molecule has 0 fully saturated rings. The Morgan fingerprint density at radius 2 is 2.24 bits per heavy atom. The SMILES string of the molecule is Cn1nccc1NS(=O)(=O)c1ccc(C#N)s1. The molecule has 0 bridgehead atoms. The largest absolute Gasteiger partial charge is 0.272 e. The van der Waals surface area contributed by atoms with Crippen LogP contribution in [0.25, 0.3) is 0 Å². The van der Waals surface area contributed by atoms with Gasteiger partial charge in [-0.1, -0.05) is 0 Å². The average Bonchev–Trinajstić information content (AvgIpc) is 2.88. The van der Waals surface area contributed by atoms with E-state index >= 15 is 0 Å². The number of aromatic nitrogens is 2. The molecule has 0 spiro atoms. The van der Waals surface area contributed by atoms with Crippen molar-refractivity contribution in [2.75, 3.05) is 4.72 Å². The van der Waals surface area contributed by atoms with Crippen LogP contribution in [0, 0.1) is 11.3 Å². The van der Waals surface area contributed by atoms with Crippen molar-refractivity contribution in [2.45, 2.75) is 4.21 Å². The van der Waals surface area contributed by atoms with Gasteiger partial charge in [-0.25, -0.2) is 8.42 Å². The van der Waals surface area contributed by atoms with Crippen molar-refractivity contribution >= 4 is 27.2 Å². The molecule has 1 N–H and O–H groups in total. The van der Waals surface area contributed by atoms with E-state index in [1.807, 2.05) is 6.07 Å². The summed E-state index contributed by atoms with van der Waals surface area (Å²) in [5.74, 6) is 0.372. The number of hydrogen-bond acceptors (Lipinski definition) is 5. The van der Waals surface area contributed by atoms with E-state index in [1.54, 1.807) is 13.1 Å². The van der Waals surface area contributed by atoms with Gasteiger partial charge in [0.25, 0.3) is 10.0 Å². The monoisotopic (exact) mass is 268 g/mol. The maximum Gasteiger partial charge on any atom is 0.272 e. The summed E-state index contributed by atoms with van der Waals surface area (Å²) in [4.78, 5) is 0.357. The maximum atomic E-state index is 11.9. The first-order valence-electron chi connectivity index (χ1n) is 4.54. The number of hydrogen-bond donors (Lipinski definition) is 1. The van der Waals surface area contributed by atoms with E-state index in [2.05, 4.69) is 9.82 Å². The van der Waals surface area contributed by atoms with Crippen LogP contribution in [0.2, 0.25) is 0 Å². The van der Waals surface area contributed by atoms with E-state index in [-0.39, 0.29) is 4.21 Å². The minimum atomic E-state index is -3.64. The third kappa shape index (κ3) is 2.30. The van der Waals surface area contributed by atoms with Gasteiger partial charge in [-0.05, 0) is 12.1 Å². The molecule has 2 aromatic heterocycles. The van der Waals surface area contributed by atoms with Crippen molar-refractivity contribution < 1.29 is 8.42 Å². The van der Waals surface area contributed by atoms with Gasteiger partial charge in [-0.3, -0.25) is 9.40 Å². The summed E-state index contributed by atoms with van der Waals surface area (Å²) >= 11 is 0.926. The fraction of sp³-hybridized carbons (Fsp3) is 0.111. The molecule has 2 rings (SSSR count). The van der Waals surface area contributed by atoms with Crippen LogP contribution in [0.3, 0.4) is 0 Å². The normalized spacial score (nSPS) is 11.1. The standard InChI is InChI=1S/C9H8N4O2S2/c1-13-8(4-5-11-13)12-17(14,15)9-3-2-7(6-10)16-9/h2-5,12H,1H3. The predicted molar refractivity (Wildman–Crippen MR) is 63.1 cm³/mol. The van der Waals surface area contributed by atoms with Crippen molar-refractivity contribution in [1.29, 1.82) is 5.26 Å². The first-order chi connectivity index (χ1) is 8.03. The molecule has 6 nitrogen and oxygen atoms in total. The van der Waals surface area contributed by atoms with Crippen LogP contribution >= 0.6 is 11.3 Å². The lowest BCUT2D eigenvalue weighted by atomic mass is 10.5. The van der Waals surface area contributed by atoms with E-state index in [0.717, 1.165) is 11.3 Å². The number of rotatable bonds is 3. The summed E-state index contributed by atoms with van der Waals surface area (Å²) in [5.41, 5.74) is 0. The summed E-state index contributed by atoms with van der Waals surface area (Å²) < 4.78 is 27.8. The molecule has 0 aliphatic carbocycles. The van der Waals surface area contributed by atoms with E-state index in [0.29, 0.717) is 10.7 Å². The second-order valence-corrected chi connectivity index (χ2v) is 6.17. The van der Waals surface area contributed by atoms with E-state index in [9.17, 15) is 8.42 Å². The summed E-state index contributed by atoms with van der Waals surface area (Å²) in [6, 6.07) is 6.33. The molecule has 8 heteroatoms. The molecule has 2 heterocycles. The van der Waals surface area contributed by atoms with Gasteiger partial charge in [0.05, 0.1) is 6.20 Å². The Balaban J connectivity index is 2.32. The summed E-state index contributed by atoms with van der Waals surface area (Å²) in [6.07, 6.45) is 1.49. The van der Waals surface area contributed by atoms with Crippen molar-refractivity contribution in [1.82, 2.24) is 9.78 Å². The Kier molecular flexibility index (Phi) is 2.87. The Bertz CT molecular complexity index is 678. The Hall–Kier alpha value is -1.85. The topological polar surface area (TPSA) is 87.8 Å². The van der Waals surface area contributed by atoms with Crippen LogP contribution in [-0.2, 0) is 17.1 Å². The van der Waals surface area contributed by atoms with Crippen molar-refractivity contribution in [3.8, 4) is 6.07 Å². The van der Waals surface area contributed by atoms with Crippen molar-refractivity contribution in [3.05, 3.63) is 29.3 Å². The number of anilines is 1. The highest BCUT2D eigenvalue weighted by Gasteiger charge is 2.18. The van der Waals surface area contributed by atoms with Gasteiger partial charge in [-0.15, -0.1) is 11.3 Å². The lowest BCUT2D eigenvalue weighted by Gasteiger charge is -2.05. The van der Waals surface area contributed by atoms with Crippen LogP contribution in [-0.4, -0.2) is 18.2 Å². The molecule has 2 aromatic rings. The minimum absolute atomic E-state index is 0.107. The molecule has 0 unspecified atom stereocenters. The second kappa shape index (κ2) is 4.20. The van der Waals surface area contributed by atoms with Gasteiger partial charge < -0.3 is 0 Å². The first kappa shape index (κ1) is 11.6. The van der Waals surface area contributed by atoms with Crippen LogP contribution in [0.4, 0.5) is 5.82 Å². The van der Waals surface area contributed by atoms with E-state index < -0.39 is 10.0 Å². The van der Waals surface area contributed by atoms with Gasteiger partial charge in [0.2, 0.25) is 0 Å². The lowest BCUT2D eigenvalue weighted by molar-refractivity contribution is 0.602. The fourth-order valence-corrected chi connectivity index (χ4v) is 3.38. The Morgan fingerprint density at radius 1 is 1.47 bits per heavy atom. The smallest absolute Gasteiger partial charge is 0.263 e. The third-order valence-electron chi connectivity index (χ3n) is 2.02. The predicted octanol–water partition coefficient (Wildman–Crippen LogP) is 1.15. The molecule has 0 atom stereocenters. The summed E-state index contributed by atoms with van der Waals surface area (Å²) in [5, 5.41) is 12.5. The highest BCUT2D eigenvalue weighted by atomic mass is 32.2. The van der Waals surface area contributed by atoms with Crippen LogP contribution in [0.1, 0.15) is 4.88 Å². The van der Waals surface area contributed by atoms with Crippen LogP contribution in [0.15, 0.2) is 28.6 Å². The number of nitriles is 1. The molecule has 0 aliphatic rings. The molecule has 0 aromatic carbocycles. The number of sulfonamides is 1. The second-order valence-electron chi connectivity index (χ2n) is 3.18. The zero-order chi connectivity index (χ0) is 12.5. The fourth-order valence-electron chi connectivity index (χ4n) is 1.19. The Labute approximate surface area is 102 Å². The molecule has 0 saturated heterocycles. The minimum Gasteiger partial charge on any atom is -0.263 e. The maximum absolute atomic E-state index is 11.9. The summed E-state index contributed by atoms with van der Waals surface area (Å²) in [7, 11) is -2.01. The number of nitrogens with zero attached hydrogens (tertiary/aromatic N) is 3. The molecule has 17 heavy (non-hydrogen) atoms. The molecular weight excluding hydrogens is 260 g/mol. The first-order valence-corrected chi connectivity index (χ1v) is 6.83. The lowest BCUT2D eigenvalue weighted by Crippen LogP contribution is -2.14. The number of nitrogens with one attached hydrogen (secondary N) is 1. The number of thiophene rings is 1. The summed E-state index contributed by atoms with van der Waals surface area (Å²) in [6.45, 7) is 0. The van der Waals surface area contributed by atoms with Gasteiger partial charge in [0, 0.05) is 13.1 Å². The van der Waals surface area contributed by atoms with Gasteiger partial charge in [0.15, 0.2) is 0 Å².